The molecule has 0 unspecified atom stereocenters. The third-order valence-electron chi connectivity index (χ3n) is 2.98. The first kappa shape index (κ1) is 14.8. The lowest BCUT2D eigenvalue weighted by Gasteiger charge is -2.08. The Hall–Kier alpha value is -2.64. The summed E-state index contributed by atoms with van der Waals surface area (Å²) in [5.74, 6) is 5.27. The van der Waals surface area contributed by atoms with Gasteiger partial charge in [0.05, 0.1) is 0 Å². The third-order valence-corrected chi connectivity index (χ3v) is 2.98. The highest BCUT2D eigenvalue weighted by molar-refractivity contribution is 5.93. The van der Waals surface area contributed by atoms with Gasteiger partial charge >= 0.3 is 0 Å². The van der Waals surface area contributed by atoms with E-state index in [1.807, 2.05) is 37.3 Å². The monoisotopic (exact) mass is 280 g/mol. The molecule has 21 heavy (non-hydrogen) atoms. The summed E-state index contributed by atoms with van der Waals surface area (Å²) in [6.07, 6.45) is 1.60. The molecule has 2 rings (SSSR count). The minimum absolute atomic E-state index is 0.187. The van der Waals surface area contributed by atoms with E-state index < -0.39 is 0 Å². The number of aryl methyl sites for hydroxylation is 1. The van der Waals surface area contributed by atoms with Crippen molar-refractivity contribution in [1.82, 2.24) is 10.3 Å². The molecule has 1 amide bonds. The Morgan fingerprint density at radius 1 is 1.29 bits per heavy atom. The highest BCUT2D eigenvalue weighted by atomic mass is 16.2. The number of aliphatic hydroxyl groups is 1. The van der Waals surface area contributed by atoms with E-state index in [0.717, 1.165) is 16.7 Å². The number of benzene rings is 1. The molecule has 4 heteroatoms. The number of amides is 1. The molecule has 0 atom stereocenters. The summed E-state index contributed by atoms with van der Waals surface area (Å²) in [6, 6.07) is 11.2. The minimum atomic E-state index is -0.210. The lowest BCUT2D eigenvalue weighted by Crippen LogP contribution is -2.25. The van der Waals surface area contributed by atoms with Gasteiger partial charge < -0.3 is 10.4 Å². The fourth-order valence-corrected chi connectivity index (χ4v) is 1.91. The van der Waals surface area contributed by atoms with E-state index in [0.29, 0.717) is 12.2 Å². The standard InChI is InChI=1S/C17H16N2O2/c1-13-6-4-10-18-16(13)17(21)19-12-15-8-3-2-7-14(15)9-5-11-20/h2-4,6-8,10,20H,11-12H2,1H3,(H,19,21). The summed E-state index contributed by atoms with van der Waals surface area (Å²) >= 11 is 0. The molecule has 1 aromatic carbocycles. The first-order chi connectivity index (χ1) is 10.2. The molecule has 0 bridgehead atoms. The highest BCUT2D eigenvalue weighted by Crippen LogP contribution is 2.08. The Balaban J connectivity index is 2.10. The van der Waals surface area contributed by atoms with Crippen molar-refractivity contribution in [3.63, 3.8) is 0 Å². The molecule has 0 saturated carbocycles. The van der Waals surface area contributed by atoms with Crippen LogP contribution in [0, 0.1) is 18.8 Å². The number of pyridine rings is 1. The molecule has 2 aromatic rings. The largest absolute Gasteiger partial charge is 0.384 e. The summed E-state index contributed by atoms with van der Waals surface area (Å²) in [5.41, 5.74) is 2.96. The van der Waals surface area contributed by atoms with Gasteiger partial charge in [0.2, 0.25) is 0 Å². The summed E-state index contributed by atoms with van der Waals surface area (Å²) in [4.78, 5) is 16.2. The van der Waals surface area contributed by atoms with Crippen LogP contribution in [0.15, 0.2) is 42.6 Å². The van der Waals surface area contributed by atoms with Gasteiger partial charge in [0, 0.05) is 18.3 Å². The fourth-order valence-electron chi connectivity index (χ4n) is 1.91. The van der Waals surface area contributed by atoms with Gasteiger partial charge in [-0.3, -0.25) is 9.78 Å². The number of aliphatic hydroxyl groups excluding tert-OH is 1. The zero-order valence-electron chi connectivity index (χ0n) is 11.8. The van der Waals surface area contributed by atoms with E-state index in [1.165, 1.54) is 0 Å². The molecule has 2 N–H and O–H groups in total. The maximum atomic E-state index is 12.1. The van der Waals surface area contributed by atoms with E-state index in [-0.39, 0.29) is 12.5 Å². The Morgan fingerprint density at radius 2 is 2.10 bits per heavy atom. The van der Waals surface area contributed by atoms with Gasteiger partial charge in [-0.05, 0) is 30.2 Å². The average molecular weight is 280 g/mol. The molecule has 1 aromatic heterocycles. The van der Waals surface area contributed by atoms with Gasteiger partial charge in [0.1, 0.15) is 12.3 Å². The van der Waals surface area contributed by atoms with Crippen LogP contribution in [-0.2, 0) is 6.54 Å². The van der Waals surface area contributed by atoms with E-state index >= 15 is 0 Å². The van der Waals surface area contributed by atoms with Gasteiger partial charge in [-0.1, -0.05) is 36.1 Å². The van der Waals surface area contributed by atoms with Gasteiger partial charge in [-0.2, -0.15) is 0 Å². The van der Waals surface area contributed by atoms with Crippen molar-refractivity contribution in [3.8, 4) is 11.8 Å². The van der Waals surface area contributed by atoms with Crippen LogP contribution < -0.4 is 5.32 Å². The molecular formula is C17H16N2O2. The van der Waals surface area contributed by atoms with Crippen molar-refractivity contribution < 1.29 is 9.90 Å². The van der Waals surface area contributed by atoms with Gasteiger partial charge in [0.25, 0.3) is 5.91 Å². The number of hydrogen-bond donors (Lipinski definition) is 2. The second-order valence-electron chi connectivity index (χ2n) is 4.47. The maximum Gasteiger partial charge on any atom is 0.270 e. The zero-order chi connectivity index (χ0) is 15.1. The lowest BCUT2D eigenvalue weighted by molar-refractivity contribution is 0.0945. The van der Waals surface area contributed by atoms with Crippen molar-refractivity contribution in [2.75, 3.05) is 6.61 Å². The molecule has 106 valence electrons. The fraction of sp³-hybridized carbons (Fsp3) is 0.176. The van der Waals surface area contributed by atoms with Crippen molar-refractivity contribution in [3.05, 3.63) is 65.0 Å². The smallest absolute Gasteiger partial charge is 0.270 e. The first-order valence-electron chi connectivity index (χ1n) is 6.60. The molecular weight excluding hydrogens is 264 g/mol. The van der Waals surface area contributed by atoms with E-state index in [4.69, 9.17) is 5.11 Å². The predicted octanol–water partition coefficient (Wildman–Crippen LogP) is 1.66. The van der Waals surface area contributed by atoms with Crippen LogP contribution in [0.3, 0.4) is 0 Å². The van der Waals surface area contributed by atoms with Crippen LogP contribution in [0.1, 0.15) is 27.2 Å². The molecule has 1 heterocycles. The van der Waals surface area contributed by atoms with Gasteiger partial charge in [0.15, 0.2) is 0 Å². The van der Waals surface area contributed by atoms with Crippen molar-refractivity contribution >= 4 is 5.91 Å². The third kappa shape index (κ3) is 3.91. The molecule has 0 aliphatic rings. The van der Waals surface area contributed by atoms with Crippen molar-refractivity contribution in [1.29, 1.82) is 0 Å². The summed E-state index contributed by atoms with van der Waals surface area (Å²) in [6.45, 7) is 2.03. The van der Waals surface area contributed by atoms with Crippen LogP contribution in [0.25, 0.3) is 0 Å². The van der Waals surface area contributed by atoms with Crippen LogP contribution in [0.5, 0.6) is 0 Å². The normalized spacial score (nSPS) is 9.62. The quantitative estimate of drug-likeness (QED) is 0.841. The molecule has 4 nitrogen and oxygen atoms in total. The number of hydrogen-bond acceptors (Lipinski definition) is 3. The molecule has 0 saturated heterocycles. The first-order valence-corrected chi connectivity index (χ1v) is 6.60. The molecule has 0 aliphatic carbocycles. The van der Waals surface area contributed by atoms with Crippen molar-refractivity contribution in [2.24, 2.45) is 0 Å². The number of aromatic nitrogens is 1. The number of nitrogens with one attached hydrogen (secondary N) is 1. The Morgan fingerprint density at radius 3 is 2.86 bits per heavy atom. The second-order valence-corrected chi connectivity index (χ2v) is 4.47. The average Bonchev–Trinajstić information content (AvgIpc) is 2.52. The molecule has 0 fully saturated rings. The number of carbonyl (C=O) groups excluding carboxylic acids is 1. The topological polar surface area (TPSA) is 62.2 Å². The second kappa shape index (κ2) is 7.22. The summed E-state index contributed by atoms with van der Waals surface area (Å²) in [5, 5.41) is 11.6. The zero-order valence-corrected chi connectivity index (χ0v) is 11.8. The molecule has 0 spiro atoms. The van der Waals surface area contributed by atoms with Gasteiger partial charge in [-0.15, -0.1) is 0 Å². The Bertz CT molecular complexity index is 699. The molecule has 0 aliphatic heterocycles. The summed E-state index contributed by atoms with van der Waals surface area (Å²) in [7, 11) is 0. The maximum absolute atomic E-state index is 12.1. The predicted molar refractivity (Wildman–Crippen MR) is 80.6 cm³/mol. The van der Waals surface area contributed by atoms with Crippen LogP contribution in [-0.4, -0.2) is 22.6 Å². The summed E-state index contributed by atoms with van der Waals surface area (Å²) < 4.78 is 0. The van der Waals surface area contributed by atoms with E-state index in [2.05, 4.69) is 22.1 Å². The highest BCUT2D eigenvalue weighted by Gasteiger charge is 2.10. The molecule has 0 radical (unpaired) electrons. The number of rotatable bonds is 3. The van der Waals surface area contributed by atoms with E-state index in [9.17, 15) is 4.79 Å². The van der Waals surface area contributed by atoms with Crippen molar-refractivity contribution in [2.45, 2.75) is 13.5 Å². The van der Waals surface area contributed by atoms with Crippen LogP contribution in [0.2, 0.25) is 0 Å². The van der Waals surface area contributed by atoms with E-state index in [1.54, 1.807) is 12.3 Å². The minimum Gasteiger partial charge on any atom is -0.384 e. The van der Waals surface area contributed by atoms with Crippen LogP contribution in [0.4, 0.5) is 0 Å². The number of nitrogens with zero attached hydrogens (tertiary/aromatic N) is 1. The van der Waals surface area contributed by atoms with Gasteiger partial charge in [-0.25, -0.2) is 0 Å². The lowest BCUT2D eigenvalue weighted by atomic mass is 10.1. The Labute approximate surface area is 123 Å². The SMILES string of the molecule is Cc1cccnc1C(=O)NCc1ccccc1C#CCO. The number of carbonyl (C=O) groups is 1. The Kier molecular flexibility index (Phi) is 5.08. The van der Waals surface area contributed by atoms with Crippen LogP contribution >= 0.6 is 0 Å².